The van der Waals surface area contributed by atoms with Gasteiger partial charge in [-0.25, -0.2) is 4.79 Å². The van der Waals surface area contributed by atoms with Gasteiger partial charge in [0.15, 0.2) is 0 Å². The van der Waals surface area contributed by atoms with Crippen LogP contribution in [0.15, 0.2) is 91.0 Å². The van der Waals surface area contributed by atoms with Crippen molar-refractivity contribution in [3.8, 4) is 0 Å². The molecule has 3 aromatic carbocycles. The number of nitrogens with one attached hydrogen (secondary N) is 3. The highest BCUT2D eigenvalue weighted by molar-refractivity contribution is 5.96. The van der Waals surface area contributed by atoms with Gasteiger partial charge in [-0.15, -0.1) is 0 Å². The molecule has 1 saturated heterocycles. The summed E-state index contributed by atoms with van der Waals surface area (Å²) >= 11 is 0. The first-order valence-electron chi connectivity index (χ1n) is 16.1. The Morgan fingerprint density at radius 2 is 1.36 bits per heavy atom. The number of ether oxygens (including phenoxy) is 1. The fourth-order valence-electron chi connectivity index (χ4n) is 5.82. The van der Waals surface area contributed by atoms with Crippen molar-refractivity contribution in [1.29, 1.82) is 0 Å². The topological polar surface area (TPSA) is 120 Å². The van der Waals surface area contributed by atoms with Crippen LogP contribution < -0.4 is 16.0 Å². The molecule has 1 atom stereocenters. The summed E-state index contributed by atoms with van der Waals surface area (Å²) in [4.78, 5) is 58.7. The van der Waals surface area contributed by atoms with Crippen molar-refractivity contribution in [2.45, 2.75) is 76.8 Å². The molecule has 10 nitrogen and oxygen atoms in total. The normalized spacial score (nSPS) is 15.1. The Balaban J connectivity index is 1.71. The summed E-state index contributed by atoms with van der Waals surface area (Å²) in [5.41, 5.74) is 0.837. The fraction of sp³-hybridized carbons (Fsp3) is 0.405. The molecule has 10 heteroatoms. The summed E-state index contributed by atoms with van der Waals surface area (Å²) in [6, 6.07) is 27.9. The van der Waals surface area contributed by atoms with Gasteiger partial charge in [0.05, 0.1) is 6.42 Å². The van der Waals surface area contributed by atoms with Crippen molar-refractivity contribution in [1.82, 2.24) is 25.8 Å². The number of alkyl carbamates (subject to hydrolysis) is 1. The summed E-state index contributed by atoms with van der Waals surface area (Å²) < 4.78 is 5.47. The summed E-state index contributed by atoms with van der Waals surface area (Å²) in [5, 5.41) is 8.31. The molecule has 0 unspecified atom stereocenters. The Labute approximate surface area is 277 Å². The van der Waals surface area contributed by atoms with Crippen molar-refractivity contribution >= 4 is 23.8 Å². The van der Waals surface area contributed by atoms with Crippen molar-refractivity contribution < 1.29 is 23.9 Å². The number of benzene rings is 3. The predicted octanol–water partition coefficient (Wildman–Crippen LogP) is 4.40. The SMILES string of the molecule is CNC(=O)C[C@H](NC(=O)OC(C)(C)C)C(=O)N(Cc1ccccc1)C1(C(=O)NCc2ccccc2)CCN(Cc2ccccc2)CC1. The summed E-state index contributed by atoms with van der Waals surface area (Å²) in [5.74, 6) is -1.24. The molecule has 0 spiro atoms. The second-order valence-electron chi connectivity index (χ2n) is 12.9. The third-order valence-corrected chi connectivity index (χ3v) is 8.27. The van der Waals surface area contributed by atoms with Gasteiger partial charge < -0.3 is 25.6 Å². The molecule has 0 aromatic heterocycles. The third kappa shape index (κ3) is 10.1. The first-order valence-corrected chi connectivity index (χ1v) is 16.1. The summed E-state index contributed by atoms with van der Waals surface area (Å²) in [7, 11) is 1.47. The number of piperidine rings is 1. The molecule has 1 fully saturated rings. The lowest BCUT2D eigenvalue weighted by Gasteiger charge is -2.48. The van der Waals surface area contributed by atoms with Crippen LogP contribution >= 0.6 is 0 Å². The van der Waals surface area contributed by atoms with E-state index in [1.807, 2.05) is 78.9 Å². The van der Waals surface area contributed by atoms with Crippen LogP contribution in [0.5, 0.6) is 0 Å². The van der Waals surface area contributed by atoms with Gasteiger partial charge in [0.25, 0.3) is 0 Å². The van der Waals surface area contributed by atoms with Gasteiger partial charge in [0.2, 0.25) is 17.7 Å². The average Bonchev–Trinajstić information content (AvgIpc) is 3.06. The first kappa shape index (κ1) is 35.2. The molecule has 0 bridgehead atoms. The molecule has 4 amide bonds. The maximum absolute atomic E-state index is 14.7. The molecular weight excluding hydrogens is 594 g/mol. The van der Waals surface area contributed by atoms with Crippen molar-refractivity contribution in [3.05, 3.63) is 108 Å². The van der Waals surface area contributed by atoms with E-state index in [9.17, 15) is 19.2 Å². The van der Waals surface area contributed by atoms with E-state index >= 15 is 0 Å². The number of likely N-dealkylation sites (tertiary alicyclic amines) is 1. The number of nitrogens with zero attached hydrogens (tertiary/aromatic N) is 2. The molecule has 0 radical (unpaired) electrons. The third-order valence-electron chi connectivity index (χ3n) is 8.27. The number of rotatable bonds is 12. The number of carbonyl (C=O) groups excluding carboxylic acids is 4. The molecule has 1 heterocycles. The zero-order valence-electron chi connectivity index (χ0n) is 27.8. The van der Waals surface area contributed by atoms with Crippen LogP contribution in [0.2, 0.25) is 0 Å². The second-order valence-corrected chi connectivity index (χ2v) is 12.9. The monoisotopic (exact) mass is 641 g/mol. The van der Waals surface area contributed by atoms with Crippen molar-refractivity contribution in [2.24, 2.45) is 0 Å². The number of hydrogen-bond acceptors (Lipinski definition) is 6. The molecule has 0 aliphatic carbocycles. The lowest BCUT2D eigenvalue weighted by molar-refractivity contribution is -0.154. The highest BCUT2D eigenvalue weighted by atomic mass is 16.6. The zero-order valence-corrected chi connectivity index (χ0v) is 27.8. The lowest BCUT2D eigenvalue weighted by atomic mass is 9.83. The Kier molecular flexibility index (Phi) is 12.1. The van der Waals surface area contributed by atoms with Gasteiger partial charge >= 0.3 is 6.09 Å². The highest BCUT2D eigenvalue weighted by Crippen LogP contribution is 2.33. The Hall–Kier alpha value is -4.70. The van der Waals surface area contributed by atoms with E-state index in [0.29, 0.717) is 39.0 Å². The minimum absolute atomic E-state index is 0.108. The van der Waals surface area contributed by atoms with Crippen LogP contribution in [-0.2, 0) is 38.8 Å². The average molecular weight is 642 g/mol. The quantitative estimate of drug-likeness (QED) is 0.270. The second kappa shape index (κ2) is 16.2. The number of carbonyl (C=O) groups is 4. The van der Waals surface area contributed by atoms with Crippen LogP contribution in [0.25, 0.3) is 0 Å². The molecule has 1 aliphatic heterocycles. The lowest BCUT2D eigenvalue weighted by Crippen LogP contribution is -2.67. The largest absolute Gasteiger partial charge is 0.444 e. The predicted molar refractivity (Wildman–Crippen MR) is 181 cm³/mol. The molecule has 4 rings (SSSR count). The van der Waals surface area contributed by atoms with E-state index in [2.05, 4.69) is 33.0 Å². The van der Waals surface area contributed by atoms with E-state index in [4.69, 9.17) is 4.74 Å². The molecule has 250 valence electrons. The van der Waals surface area contributed by atoms with Gasteiger partial charge in [0.1, 0.15) is 17.2 Å². The van der Waals surface area contributed by atoms with Gasteiger partial charge in [-0.3, -0.25) is 19.3 Å². The van der Waals surface area contributed by atoms with Crippen molar-refractivity contribution in [3.63, 3.8) is 0 Å². The molecular formula is C37H47N5O5. The molecule has 3 N–H and O–H groups in total. The zero-order chi connectivity index (χ0) is 33.9. The van der Waals surface area contributed by atoms with Gasteiger partial charge in [-0.1, -0.05) is 91.0 Å². The minimum Gasteiger partial charge on any atom is -0.444 e. The fourth-order valence-corrected chi connectivity index (χ4v) is 5.82. The van der Waals surface area contributed by atoms with E-state index in [1.165, 1.54) is 7.05 Å². The Morgan fingerprint density at radius 3 is 1.89 bits per heavy atom. The Bertz CT molecular complexity index is 1470. The summed E-state index contributed by atoms with van der Waals surface area (Å²) in [6.45, 7) is 7.40. The van der Waals surface area contributed by atoms with Gasteiger partial charge in [0, 0.05) is 39.8 Å². The van der Waals surface area contributed by atoms with Crippen LogP contribution in [-0.4, -0.2) is 70.9 Å². The summed E-state index contributed by atoms with van der Waals surface area (Å²) in [6.07, 6.45) is -0.419. The molecule has 3 aromatic rings. The minimum atomic E-state index is -1.27. The maximum atomic E-state index is 14.7. The molecule has 47 heavy (non-hydrogen) atoms. The number of amides is 4. The molecule has 1 aliphatic rings. The van der Waals surface area contributed by atoms with Crippen LogP contribution in [0.4, 0.5) is 4.79 Å². The van der Waals surface area contributed by atoms with E-state index in [0.717, 1.165) is 16.7 Å². The van der Waals surface area contributed by atoms with Gasteiger partial charge in [-0.2, -0.15) is 0 Å². The smallest absolute Gasteiger partial charge is 0.408 e. The Morgan fingerprint density at radius 1 is 0.830 bits per heavy atom. The molecule has 0 saturated carbocycles. The highest BCUT2D eigenvalue weighted by Gasteiger charge is 2.50. The first-order chi connectivity index (χ1) is 22.5. The van der Waals surface area contributed by atoms with Crippen LogP contribution in [0, 0.1) is 0 Å². The van der Waals surface area contributed by atoms with Crippen LogP contribution in [0.3, 0.4) is 0 Å². The van der Waals surface area contributed by atoms with Crippen molar-refractivity contribution in [2.75, 3.05) is 20.1 Å². The van der Waals surface area contributed by atoms with E-state index < -0.39 is 35.1 Å². The number of hydrogen-bond donors (Lipinski definition) is 3. The maximum Gasteiger partial charge on any atom is 0.408 e. The van der Waals surface area contributed by atoms with E-state index in [1.54, 1.807) is 25.7 Å². The van der Waals surface area contributed by atoms with Crippen LogP contribution in [0.1, 0.15) is 56.7 Å². The standard InChI is InChI=1S/C37H47N5O5/c1-36(2,3)47-35(46)40-31(24-32(43)38-4)33(44)42(27-30-18-12-7-13-19-30)37(34(45)39-25-28-14-8-5-9-15-28)20-22-41(23-21-37)26-29-16-10-6-11-17-29/h5-19,31H,20-27H2,1-4H3,(H,38,43)(H,39,45)(H,40,46)/t31-/m0/s1. The van der Waals surface area contributed by atoms with Gasteiger partial charge in [-0.05, 0) is 50.3 Å². The van der Waals surface area contributed by atoms with E-state index in [-0.39, 0.29) is 18.9 Å².